The molecule has 2 heterocycles. The van der Waals surface area contributed by atoms with Gasteiger partial charge in [0, 0.05) is 13.1 Å². The van der Waals surface area contributed by atoms with Gasteiger partial charge in [-0.15, -0.1) is 0 Å². The van der Waals surface area contributed by atoms with Crippen LogP contribution in [0.5, 0.6) is 5.75 Å². The summed E-state index contributed by atoms with van der Waals surface area (Å²) in [5, 5.41) is 8.71. The molecule has 0 spiro atoms. The number of alkyl halides is 3. The molecule has 37 heavy (non-hydrogen) atoms. The average molecular weight is 516 g/mol. The van der Waals surface area contributed by atoms with E-state index in [1.54, 1.807) is 18.2 Å². The van der Waals surface area contributed by atoms with Crippen LogP contribution in [0.3, 0.4) is 0 Å². The van der Waals surface area contributed by atoms with Gasteiger partial charge in [0.2, 0.25) is 5.82 Å². The van der Waals surface area contributed by atoms with Gasteiger partial charge in [-0.3, -0.25) is 9.59 Å². The lowest BCUT2D eigenvalue weighted by atomic mass is 10.1. The van der Waals surface area contributed by atoms with Crippen molar-refractivity contribution in [2.45, 2.75) is 26.6 Å². The van der Waals surface area contributed by atoms with Crippen molar-refractivity contribution in [2.75, 3.05) is 19.7 Å². The maximum absolute atomic E-state index is 13.5. The number of aromatic nitrogens is 4. The van der Waals surface area contributed by atoms with E-state index in [9.17, 15) is 22.8 Å². The Hall–Kier alpha value is -4.42. The summed E-state index contributed by atoms with van der Waals surface area (Å²) >= 11 is 0. The first-order valence-electron chi connectivity index (χ1n) is 11.2. The van der Waals surface area contributed by atoms with E-state index < -0.39 is 30.3 Å². The summed E-state index contributed by atoms with van der Waals surface area (Å²) in [6.07, 6.45) is -4.70. The molecule has 194 valence electrons. The zero-order chi connectivity index (χ0) is 26.6. The molecule has 0 radical (unpaired) electrons. The Morgan fingerprint density at radius 3 is 2.57 bits per heavy atom. The number of fused-ring (bicyclic) bond motifs is 1. The van der Waals surface area contributed by atoms with Crippen molar-refractivity contribution in [2.24, 2.45) is 0 Å². The number of carbonyl (C=O) groups excluding carboxylic acids is 2. The number of rotatable bonds is 9. The summed E-state index contributed by atoms with van der Waals surface area (Å²) in [6, 6.07) is 11.7. The van der Waals surface area contributed by atoms with E-state index in [1.807, 2.05) is 26.0 Å². The maximum atomic E-state index is 13.5. The third-order valence-electron chi connectivity index (χ3n) is 5.52. The third kappa shape index (κ3) is 6.05. The Morgan fingerprint density at radius 2 is 1.78 bits per heavy atom. The fourth-order valence-corrected chi connectivity index (χ4v) is 3.53. The molecule has 0 saturated carbocycles. The molecule has 0 fully saturated rings. The Balaban J connectivity index is 1.28. The highest BCUT2D eigenvalue weighted by Gasteiger charge is 2.38. The van der Waals surface area contributed by atoms with Gasteiger partial charge in [-0.25, -0.2) is 4.98 Å². The van der Waals surface area contributed by atoms with Crippen molar-refractivity contribution in [3.63, 3.8) is 0 Å². The number of nitrogens with one attached hydrogen (secondary N) is 2. The lowest BCUT2D eigenvalue weighted by molar-refractivity contribution is -0.146. The monoisotopic (exact) mass is 516 g/mol. The van der Waals surface area contributed by atoms with Gasteiger partial charge in [0.1, 0.15) is 5.75 Å². The quantitative estimate of drug-likeness (QED) is 0.328. The van der Waals surface area contributed by atoms with Crippen molar-refractivity contribution in [3.8, 4) is 5.75 Å². The Bertz CT molecular complexity index is 1430. The maximum Gasteiger partial charge on any atom is 0.449 e. The molecule has 0 aliphatic carbocycles. The highest BCUT2D eigenvalue weighted by atomic mass is 19.4. The van der Waals surface area contributed by atoms with Crippen molar-refractivity contribution in [1.29, 1.82) is 0 Å². The first kappa shape index (κ1) is 25.7. The van der Waals surface area contributed by atoms with E-state index in [-0.39, 0.29) is 42.5 Å². The minimum Gasteiger partial charge on any atom is -0.483 e. The number of halogens is 3. The number of ether oxygens (including phenoxy) is 1. The zero-order valence-corrected chi connectivity index (χ0v) is 19.9. The molecule has 0 aliphatic rings. The average Bonchev–Trinajstić information content (AvgIpc) is 3.48. The topological polar surface area (TPSA) is 124 Å². The lowest BCUT2D eigenvalue weighted by Crippen LogP contribution is -2.37. The van der Waals surface area contributed by atoms with Crippen LogP contribution >= 0.6 is 0 Å². The van der Waals surface area contributed by atoms with E-state index in [1.165, 1.54) is 12.1 Å². The van der Waals surface area contributed by atoms with Crippen LogP contribution in [0.2, 0.25) is 0 Å². The number of hydrogen-bond acceptors (Lipinski definition) is 7. The van der Waals surface area contributed by atoms with Gasteiger partial charge in [-0.1, -0.05) is 29.4 Å². The molecule has 0 unspecified atom stereocenters. The Labute approximate surface area is 208 Å². The fourth-order valence-electron chi connectivity index (χ4n) is 3.53. The molecule has 13 heteroatoms. The molecule has 4 rings (SSSR count). The molecule has 10 nitrogen and oxygen atoms in total. The van der Waals surface area contributed by atoms with Crippen LogP contribution in [-0.2, 0) is 17.5 Å². The normalized spacial score (nSPS) is 11.5. The lowest BCUT2D eigenvalue weighted by Gasteiger charge is -2.11. The number of hydrogen-bond donors (Lipinski definition) is 2. The molecule has 2 amide bonds. The molecule has 4 aromatic rings. The van der Waals surface area contributed by atoms with Gasteiger partial charge in [-0.2, -0.15) is 18.2 Å². The second-order valence-electron chi connectivity index (χ2n) is 8.12. The Kier molecular flexibility index (Phi) is 7.41. The van der Waals surface area contributed by atoms with Crippen LogP contribution in [0, 0.1) is 13.8 Å². The second kappa shape index (κ2) is 10.7. The van der Waals surface area contributed by atoms with Gasteiger partial charge in [-0.05, 0) is 43.2 Å². The molecular formula is C24H23F3N6O4. The summed E-state index contributed by atoms with van der Waals surface area (Å²) in [7, 11) is 0. The zero-order valence-electron chi connectivity index (χ0n) is 19.9. The standard InChI is InChI=1S/C24H23F3N6O4/c1-14-6-5-9-18(15(14)2)36-13-20(34)28-10-11-29-21(35)22-31-19(32-37-22)12-33-17-8-4-3-7-16(17)30-23(33)24(25,26)27/h3-9H,10-13H2,1-2H3,(H,28,34)(H,29,35). The van der Waals surface area contributed by atoms with Gasteiger partial charge < -0.3 is 24.5 Å². The van der Waals surface area contributed by atoms with Crippen LogP contribution in [0.1, 0.15) is 33.5 Å². The second-order valence-corrected chi connectivity index (χ2v) is 8.12. The Morgan fingerprint density at radius 1 is 1.03 bits per heavy atom. The molecule has 2 N–H and O–H groups in total. The molecular weight excluding hydrogens is 493 g/mol. The number of benzene rings is 2. The fraction of sp³-hybridized carbons (Fsp3) is 0.292. The minimum atomic E-state index is -4.70. The number of aryl methyl sites for hydroxylation is 1. The largest absolute Gasteiger partial charge is 0.483 e. The third-order valence-corrected chi connectivity index (χ3v) is 5.52. The van der Waals surface area contributed by atoms with Gasteiger partial charge in [0.25, 0.3) is 5.91 Å². The van der Waals surface area contributed by atoms with Crippen molar-refractivity contribution < 1.29 is 32.0 Å². The van der Waals surface area contributed by atoms with E-state index in [0.29, 0.717) is 5.75 Å². The smallest absolute Gasteiger partial charge is 0.449 e. The van der Waals surface area contributed by atoms with Crippen molar-refractivity contribution >= 4 is 22.8 Å². The predicted molar refractivity (Wildman–Crippen MR) is 125 cm³/mol. The molecule has 0 bridgehead atoms. The molecule has 0 atom stereocenters. The number of amides is 2. The molecule has 0 aliphatic heterocycles. The first-order chi connectivity index (χ1) is 17.6. The summed E-state index contributed by atoms with van der Waals surface area (Å²) in [5.41, 5.74) is 2.39. The van der Waals surface area contributed by atoms with Crippen LogP contribution < -0.4 is 15.4 Å². The summed E-state index contributed by atoms with van der Waals surface area (Å²) < 4.78 is 51.8. The number of carbonyl (C=O) groups is 2. The number of nitrogens with zero attached hydrogens (tertiary/aromatic N) is 4. The first-order valence-corrected chi connectivity index (χ1v) is 11.2. The van der Waals surface area contributed by atoms with Gasteiger partial charge in [0.05, 0.1) is 17.6 Å². The van der Waals surface area contributed by atoms with E-state index in [4.69, 9.17) is 9.26 Å². The summed E-state index contributed by atoms with van der Waals surface area (Å²) in [5.74, 6) is -2.15. The molecule has 2 aromatic carbocycles. The van der Waals surface area contributed by atoms with Crippen LogP contribution in [0.15, 0.2) is 47.0 Å². The van der Waals surface area contributed by atoms with Gasteiger partial charge in [0.15, 0.2) is 12.4 Å². The van der Waals surface area contributed by atoms with E-state index in [0.717, 1.165) is 15.7 Å². The number of para-hydroxylation sites is 2. The van der Waals surface area contributed by atoms with Crippen molar-refractivity contribution in [1.82, 2.24) is 30.3 Å². The van der Waals surface area contributed by atoms with Crippen LogP contribution in [0.25, 0.3) is 11.0 Å². The SMILES string of the molecule is Cc1cccc(OCC(=O)NCCNC(=O)c2nc(Cn3c(C(F)(F)F)nc4ccccc43)no2)c1C. The highest BCUT2D eigenvalue weighted by molar-refractivity contribution is 5.89. The molecule has 2 aromatic heterocycles. The number of imidazole rings is 1. The summed E-state index contributed by atoms with van der Waals surface area (Å²) in [4.78, 5) is 31.8. The van der Waals surface area contributed by atoms with Crippen molar-refractivity contribution in [3.05, 3.63) is 71.1 Å². The summed E-state index contributed by atoms with van der Waals surface area (Å²) in [6.45, 7) is 3.41. The van der Waals surface area contributed by atoms with E-state index in [2.05, 4.69) is 25.8 Å². The van der Waals surface area contributed by atoms with Crippen LogP contribution in [-0.4, -0.2) is 51.2 Å². The predicted octanol–water partition coefficient (Wildman–Crippen LogP) is 3.03. The molecule has 0 saturated heterocycles. The van der Waals surface area contributed by atoms with Gasteiger partial charge >= 0.3 is 18.0 Å². The van der Waals surface area contributed by atoms with E-state index >= 15 is 0 Å². The van der Waals surface area contributed by atoms with Crippen LogP contribution in [0.4, 0.5) is 13.2 Å². The highest BCUT2D eigenvalue weighted by Crippen LogP contribution is 2.31. The minimum absolute atomic E-state index is 0.0517.